The number of aromatic nitrogens is 3. The quantitative estimate of drug-likeness (QED) is 0.134. The molecule has 5 aromatic rings. The van der Waals surface area contributed by atoms with Crippen LogP contribution in [0.5, 0.6) is 0 Å². The highest BCUT2D eigenvalue weighted by molar-refractivity contribution is 5.98. The number of pyridine rings is 1. The molecule has 8 nitrogen and oxygen atoms in total. The zero-order valence-electron chi connectivity index (χ0n) is 28.5. The van der Waals surface area contributed by atoms with Crippen LogP contribution in [-0.2, 0) is 0 Å². The molecule has 0 radical (unpaired) electrons. The van der Waals surface area contributed by atoms with Crippen molar-refractivity contribution in [2.45, 2.75) is 54.0 Å². The summed E-state index contributed by atoms with van der Waals surface area (Å²) in [5, 5.41) is 6.69. The van der Waals surface area contributed by atoms with Crippen LogP contribution in [0.3, 0.4) is 0 Å². The minimum atomic E-state index is -0.897. The maximum absolute atomic E-state index is 15.1. The molecule has 2 heterocycles. The van der Waals surface area contributed by atoms with Crippen LogP contribution < -0.4 is 16.2 Å². The van der Waals surface area contributed by atoms with Crippen molar-refractivity contribution in [2.24, 2.45) is 0 Å². The Morgan fingerprint density at radius 3 is 2.27 bits per heavy atom. The zero-order chi connectivity index (χ0) is 34.8. The second-order valence-electron chi connectivity index (χ2n) is 11.2. The first kappa shape index (κ1) is 35.9. The summed E-state index contributed by atoms with van der Waals surface area (Å²) in [5.74, 6) is -1.86. The number of carbonyl (C=O) groups is 1. The van der Waals surface area contributed by atoms with E-state index in [1.54, 1.807) is 18.2 Å². The van der Waals surface area contributed by atoms with E-state index in [1.165, 1.54) is 12.1 Å². The van der Waals surface area contributed by atoms with Crippen molar-refractivity contribution in [1.29, 1.82) is 0 Å². The number of amides is 1. The van der Waals surface area contributed by atoms with Gasteiger partial charge < -0.3 is 15.5 Å². The monoisotopic (exact) mass is 654 g/mol. The van der Waals surface area contributed by atoms with E-state index in [2.05, 4.69) is 34.4 Å². The molecule has 48 heavy (non-hydrogen) atoms. The minimum absolute atomic E-state index is 0.0414. The number of rotatable bonds is 12. The molecular formula is C38H44F2N6O2. The Bertz CT molecular complexity index is 1890. The smallest absolute Gasteiger partial charge is 0.256 e. The Morgan fingerprint density at radius 2 is 1.60 bits per heavy atom. The number of aryl methyl sites for hydroxylation is 1. The third-order valence-electron chi connectivity index (χ3n) is 8.14. The van der Waals surface area contributed by atoms with Crippen LogP contribution in [0.15, 0.2) is 83.7 Å². The Hall–Kier alpha value is -4.96. The second kappa shape index (κ2) is 16.7. The zero-order valence-corrected chi connectivity index (χ0v) is 28.5. The summed E-state index contributed by atoms with van der Waals surface area (Å²) in [7, 11) is 0. The molecule has 2 aromatic heterocycles. The van der Waals surface area contributed by atoms with Crippen LogP contribution in [0, 0.1) is 18.6 Å². The van der Waals surface area contributed by atoms with Crippen LogP contribution in [0.1, 0.15) is 68.6 Å². The number of benzene rings is 3. The number of hydrogen-bond donors (Lipinski definition) is 2. The molecule has 0 aliphatic rings. The van der Waals surface area contributed by atoms with Crippen molar-refractivity contribution in [1.82, 2.24) is 24.8 Å². The van der Waals surface area contributed by atoms with Crippen molar-refractivity contribution in [3.8, 4) is 16.9 Å². The summed E-state index contributed by atoms with van der Waals surface area (Å²) in [6, 6.07) is 21.0. The van der Waals surface area contributed by atoms with Gasteiger partial charge in [0.1, 0.15) is 17.3 Å². The van der Waals surface area contributed by atoms with Gasteiger partial charge in [0.25, 0.3) is 11.5 Å². The molecule has 0 saturated heterocycles. The minimum Gasteiger partial charge on any atom is -0.354 e. The molecule has 10 heteroatoms. The van der Waals surface area contributed by atoms with E-state index in [9.17, 15) is 9.59 Å². The fourth-order valence-electron chi connectivity index (χ4n) is 5.48. The van der Waals surface area contributed by atoms with Crippen molar-refractivity contribution in [3.05, 3.63) is 118 Å². The van der Waals surface area contributed by atoms with Crippen LogP contribution in [0.25, 0.3) is 28.0 Å². The summed E-state index contributed by atoms with van der Waals surface area (Å²) in [6.07, 6.45) is 0.802. The van der Waals surface area contributed by atoms with Crippen LogP contribution in [0.4, 0.5) is 14.7 Å². The van der Waals surface area contributed by atoms with E-state index in [0.717, 1.165) is 53.9 Å². The highest BCUT2D eigenvalue weighted by atomic mass is 19.1. The highest BCUT2D eigenvalue weighted by Crippen LogP contribution is 2.32. The highest BCUT2D eigenvalue weighted by Gasteiger charge is 2.21. The fraction of sp³-hybridized carbons (Fsp3) is 0.316. The van der Waals surface area contributed by atoms with Gasteiger partial charge in [-0.15, -0.1) is 0 Å². The summed E-state index contributed by atoms with van der Waals surface area (Å²) in [4.78, 5) is 38.4. The summed E-state index contributed by atoms with van der Waals surface area (Å²) in [6.45, 7) is 15.3. The summed E-state index contributed by atoms with van der Waals surface area (Å²) < 4.78 is 31.1. The lowest BCUT2D eigenvalue weighted by Gasteiger charge is -2.19. The van der Waals surface area contributed by atoms with Crippen LogP contribution in [0.2, 0.25) is 0 Å². The number of carbonyl (C=O) groups excluding carboxylic acids is 1. The lowest BCUT2D eigenvalue weighted by atomic mass is 9.99. The number of anilines is 1. The first-order chi connectivity index (χ1) is 23.2. The lowest BCUT2D eigenvalue weighted by molar-refractivity contribution is 0.0940. The average molecular weight is 655 g/mol. The number of para-hydroxylation sites is 1. The number of nitrogens with one attached hydrogen (secondary N) is 2. The average Bonchev–Trinajstić information content (AvgIpc) is 3.10. The topological polar surface area (TPSA) is 92.2 Å². The van der Waals surface area contributed by atoms with Gasteiger partial charge in [0.05, 0.1) is 11.7 Å². The molecule has 0 fully saturated rings. The van der Waals surface area contributed by atoms with Crippen molar-refractivity contribution in [3.63, 3.8) is 0 Å². The molecule has 0 aliphatic heterocycles. The number of fused-ring (bicyclic) bond motifs is 1. The van der Waals surface area contributed by atoms with E-state index in [4.69, 9.17) is 4.98 Å². The molecule has 1 amide bonds. The second-order valence-corrected chi connectivity index (χ2v) is 11.2. The Kier molecular flexibility index (Phi) is 12.5. The van der Waals surface area contributed by atoms with E-state index in [1.807, 2.05) is 64.1 Å². The number of nitrogens with zero attached hydrogens (tertiary/aromatic N) is 4. The van der Waals surface area contributed by atoms with Gasteiger partial charge in [-0.25, -0.2) is 13.8 Å². The molecule has 0 unspecified atom stereocenters. The number of halogens is 2. The van der Waals surface area contributed by atoms with Gasteiger partial charge in [0, 0.05) is 29.1 Å². The third kappa shape index (κ3) is 8.12. The maximum Gasteiger partial charge on any atom is 0.256 e. The predicted octanol–water partition coefficient (Wildman–Crippen LogP) is 7.70. The Labute approximate surface area is 280 Å². The Balaban J connectivity index is 0.00000255. The van der Waals surface area contributed by atoms with Crippen molar-refractivity contribution in [2.75, 3.05) is 31.5 Å². The summed E-state index contributed by atoms with van der Waals surface area (Å²) >= 11 is 0. The molecule has 1 atom stereocenters. The molecule has 0 bridgehead atoms. The maximum atomic E-state index is 15.1. The van der Waals surface area contributed by atoms with Gasteiger partial charge in [-0.2, -0.15) is 4.98 Å². The van der Waals surface area contributed by atoms with Gasteiger partial charge in [-0.3, -0.25) is 14.2 Å². The van der Waals surface area contributed by atoms with E-state index in [0.29, 0.717) is 28.8 Å². The van der Waals surface area contributed by atoms with Gasteiger partial charge in [-0.05, 0) is 81.4 Å². The van der Waals surface area contributed by atoms with E-state index < -0.39 is 22.9 Å². The van der Waals surface area contributed by atoms with Crippen molar-refractivity contribution < 1.29 is 13.6 Å². The SMILES string of the molecule is CC.CCN(CC)CCCNc1nc(-c2cc(C(=O)N[C@@H](C)c3ccccc3)ccc2C)c2ccc(=O)n(-c3c(F)cccc3F)c2n1. The van der Waals surface area contributed by atoms with Crippen molar-refractivity contribution >= 4 is 22.9 Å². The fourth-order valence-corrected chi connectivity index (χ4v) is 5.48. The van der Waals surface area contributed by atoms with E-state index in [-0.39, 0.29) is 23.5 Å². The first-order valence-corrected chi connectivity index (χ1v) is 16.5. The molecule has 0 spiro atoms. The molecule has 2 N–H and O–H groups in total. The number of hydrogen-bond acceptors (Lipinski definition) is 6. The molecule has 3 aromatic carbocycles. The standard InChI is InChI=1S/C36H38F2N6O2.C2H6/c1-5-43(6-2)21-11-20-39-36-41-32(27-18-19-31(45)44(34(27)42-36)33-29(37)14-10-15-30(33)38)28-22-26(17-16-23(28)3)35(46)40-24(4)25-12-8-7-9-13-25;1-2/h7-10,12-19,22,24H,5-6,11,20-21H2,1-4H3,(H,40,46)(H,39,41,42);1-2H3/t24-;/m0./s1. The third-order valence-corrected chi connectivity index (χ3v) is 8.14. The van der Waals surface area contributed by atoms with Crippen LogP contribution >= 0.6 is 0 Å². The Morgan fingerprint density at radius 1 is 0.917 bits per heavy atom. The molecular weight excluding hydrogens is 610 g/mol. The van der Waals surface area contributed by atoms with Gasteiger partial charge in [0.15, 0.2) is 5.65 Å². The molecule has 0 aliphatic carbocycles. The summed E-state index contributed by atoms with van der Waals surface area (Å²) in [5.41, 5.74) is 2.12. The largest absolute Gasteiger partial charge is 0.354 e. The molecule has 252 valence electrons. The van der Waals surface area contributed by atoms with Gasteiger partial charge in [-0.1, -0.05) is 70.2 Å². The van der Waals surface area contributed by atoms with Crippen LogP contribution in [-0.4, -0.2) is 51.5 Å². The normalized spacial score (nSPS) is 11.6. The first-order valence-electron chi connectivity index (χ1n) is 16.5. The lowest BCUT2D eigenvalue weighted by Crippen LogP contribution is -2.26. The van der Waals surface area contributed by atoms with Gasteiger partial charge >= 0.3 is 0 Å². The predicted molar refractivity (Wildman–Crippen MR) is 190 cm³/mol. The molecule has 0 saturated carbocycles. The van der Waals surface area contributed by atoms with E-state index >= 15 is 8.78 Å². The van der Waals surface area contributed by atoms with Gasteiger partial charge in [0.2, 0.25) is 5.95 Å². The molecule has 5 rings (SSSR count).